The van der Waals surface area contributed by atoms with Crippen LogP contribution in [0.2, 0.25) is 0 Å². The number of benzene rings is 1. The first-order chi connectivity index (χ1) is 9.28. The van der Waals surface area contributed by atoms with Gasteiger partial charge in [-0.05, 0) is 31.2 Å². The fourth-order valence-electron chi connectivity index (χ4n) is 1.43. The number of esters is 1. The minimum absolute atomic E-state index is 0.0573. The van der Waals surface area contributed by atoms with E-state index in [4.69, 9.17) is 0 Å². The van der Waals surface area contributed by atoms with Gasteiger partial charge in [0.15, 0.2) is 0 Å². The van der Waals surface area contributed by atoms with Crippen LogP contribution in [0.1, 0.15) is 12.5 Å². The standard InChI is InChI=1S/C13H15F3N2O2/c1-4-20-12(19)13(15,16)11(17-18(2)3)9-5-7-10(14)8-6-9/h5-8H,4H2,1-3H3/b17-11+. The van der Waals surface area contributed by atoms with Crippen molar-refractivity contribution in [1.29, 1.82) is 0 Å². The van der Waals surface area contributed by atoms with E-state index in [1.54, 1.807) is 0 Å². The largest absolute Gasteiger partial charge is 0.461 e. The first-order valence-electron chi connectivity index (χ1n) is 5.86. The van der Waals surface area contributed by atoms with Crippen LogP contribution in [0, 0.1) is 5.82 Å². The Hall–Kier alpha value is -2.05. The predicted molar refractivity (Wildman–Crippen MR) is 68.2 cm³/mol. The summed E-state index contributed by atoms with van der Waals surface area (Å²) in [7, 11) is 2.87. The zero-order valence-electron chi connectivity index (χ0n) is 11.4. The van der Waals surface area contributed by atoms with Crippen LogP contribution in [-0.4, -0.2) is 43.3 Å². The number of ether oxygens (including phenoxy) is 1. The normalized spacial score (nSPS) is 12.2. The maximum absolute atomic E-state index is 14.1. The van der Waals surface area contributed by atoms with E-state index in [9.17, 15) is 18.0 Å². The number of hydrogen-bond acceptors (Lipinski definition) is 4. The van der Waals surface area contributed by atoms with Gasteiger partial charge in [-0.3, -0.25) is 0 Å². The van der Waals surface area contributed by atoms with Gasteiger partial charge in [0.05, 0.1) is 6.61 Å². The molecule has 110 valence electrons. The molecule has 0 bridgehead atoms. The summed E-state index contributed by atoms with van der Waals surface area (Å²) in [5.74, 6) is -6.18. The second kappa shape index (κ2) is 6.40. The first kappa shape index (κ1) is 16.0. The number of hydrazone groups is 1. The van der Waals surface area contributed by atoms with Crippen molar-refractivity contribution in [2.45, 2.75) is 12.8 Å². The Balaban J connectivity index is 3.26. The number of hydrogen-bond donors (Lipinski definition) is 0. The second-order valence-corrected chi connectivity index (χ2v) is 4.10. The quantitative estimate of drug-likeness (QED) is 0.474. The zero-order valence-corrected chi connectivity index (χ0v) is 11.4. The number of carbonyl (C=O) groups is 1. The van der Waals surface area contributed by atoms with E-state index in [2.05, 4.69) is 9.84 Å². The summed E-state index contributed by atoms with van der Waals surface area (Å²) in [6.45, 7) is 1.25. The predicted octanol–water partition coefficient (Wildman–Crippen LogP) is 2.29. The molecule has 0 aliphatic rings. The molecule has 0 spiro atoms. The molecule has 7 heteroatoms. The van der Waals surface area contributed by atoms with E-state index in [-0.39, 0.29) is 12.2 Å². The van der Waals surface area contributed by atoms with Crippen LogP contribution >= 0.6 is 0 Å². The first-order valence-corrected chi connectivity index (χ1v) is 5.86. The fourth-order valence-corrected chi connectivity index (χ4v) is 1.43. The van der Waals surface area contributed by atoms with E-state index in [1.807, 2.05) is 0 Å². The van der Waals surface area contributed by atoms with Gasteiger partial charge in [0, 0.05) is 19.7 Å². The topological polar surface area (TPSA) is 41.9 Å². The molecule has 0 heterocycles. The number of nitrogens with zero attached hydrogens (tertiary/aromatic N) is 2. The lowest BCUT2D eigenvalue weighted by Crippen LogP contribution is -2.41. The highest BCUT2D eigenvalue weighted by molar-refractivity contribution is 6.16. The van der Waals surface area contributed by atoms with Gasteiger partial charge in [-0.25, -0.2) is 9.18 Å². The highest BCUT2D eigenvalue weighted by Crippen LogP contribution is 2.23. The van der Waals surface area contributed by atoms with E-state index in [1.165, 1.54) is 21.0 Å². The van der Waals surface area contributed by atoms with Gasteiger partial charge in [-0.1, -0.05) is 0 Å². The summed E-state index contributed by atoms with van der Waals surface area (Å²) in [6.07, 6.45) is 0. The van der Waals surface area contributed by atoms with Crippen LogP contribution in [0.4, 0.5) is 13.2 Å². The SMILES string of the molecule is CCOC(=O)C(F)(F)/C(=N/N(C)C)c1ccc(F)cc1. The van der Waals surface area contributed by atoms with Crippen LogP contribution < -0.4 is 0 Å². The van der Waals surface area contributed by atoms with Crippen LogP contribution in [0.3, 0.4) is 0 Å². The van der Waals surface area contributed by atoms with Crippen LogP contribution in [0.5, 0.6) is 0 Å². The van der Waals surface area contributed by atoms with Gasteiger partial charge in [0.2, 0.25) is 0 Å². The highest BCUT2D eigenvalue weighted by Gasteiger charge is 2.47. The minimum Gasteiger partial charge on any atom is -0.461 e. The van der Waals surface area contributed by atoms with Crippen LogP contribution in [0.25, 0.3) is 0 Å². The average Bonchev–Trinajstić information content (AvgIpc) is 2.37. The van der Waals surface area contributed by atoms with E-state index >= 15 is 0 Å². The van der Waals surface area contributed by atoms with Gasteiger partial charge in [0.1, 0.15) is 11.5 Å². The maximum Gasteiger partial charge on any atom is 0.386 e. The average molecular weight is 288 g/mol. The lowest BCUT2D eigenvalue weighted by Gasteiger charge is -2.19. The zero-order chi connectivity index (χ0) is 15.3. The van der Waals surface area contributed by atoms with Crippen molar-refractivity contribution in [3.8, 4) is 0 Å². The summed E-state index contributed by atoms with van der Waals surface area (Å²) >= 11 is 0. The van der Waals surface area contributed by atoms with Crippen molar-refractivity contribution in [3.63, 3.8) is 0 Å². The van der Waals surface area contributed by atoms with Crippen LogP contribution in [-0.2, 0) is 9.53 Å². The fraction of sp³-hybridized carbons (Fsp3) is 0.385. The maximum atomic E-state index is 14.1. The lowest BCUT2D eigenvalue weighted by atomic mass is 10.0. The van der Waals surface area contributed by atoms with Crippen molar-refractivity contribution in [1.82, 2.24) is 5.01 Å². The minimum atomic E-state index is -3.92. The molecule has 0 atom stereocenters. The Labute approximate surface area is 114 Å². The van der Waals surface area contributed by atoms with E-state index in [0.29, 0.717) is 0 Å². The molecule has 20 heavy (non-hydrogen) atoms. The number of alkyl halides is 2. The van der Waals surface area contributed by atoms with E-state index in [0.717, 1.165) is 29.3 Å². The smallest absolute Gasteiger partial charge is 0.386 e. The van der Waals surface area contributed by atoms with Gasteiger partial charge in [-0.15, -0.1) is 0 Å². The van der Waals surface area contributed by atoms with Crippen molar-refractivity contribution in [2.75, 3.05) is 20.7 Å². The third kappa shape index (κ3) is 3.72. The summed E-state index contributed by atoms with van der Waals surface area (Å²) in [4.78, 5) is 11.4. The molecular weight excluding hydrogens is 273 g/mol. The molecule has 0 aliphatic carbocycles. The molecule has 1 aromatic carbocycles. The molecular formula is C13H15F3N2O2. The molecule has 0 saturated carbocycles. The van der Waals surface area contributed by atoms with E-state index < -0.39 is 23.4 Å². The molecule has 1 aromatic rings. The Kier molecular flexibility index (Phi) is 5.12. The second-order valence-electron chi connectivity index (χ2n) is 4.10. The van der Waals surface area contributed by atoms with Gasteiger partial charge >= 0.3 is 11.9 Å². The Bertz CT molecular complexity index is 499. The third-order valence-electron chi connectivity index (χ3n) is 2.25. The molecule has 0 aromatic heterocycles. The van der Waals surface area contributed by atoms with Gasteiger partial charge in [-0.2, -0.15) is 13.9 Å². The molecule has 0 radical (unpaired) electrons. The molecule has 0 amide bonds. The number of halogens is 3. The lowest BCUT2D eigenvalue weighted by molar-refractivity contribution is -0.162. The number of rotatable bonds is 5. The Morgan fingerprint density at radius 1 is 1.30 bits per heavy atom. The van der Waals surface area contributed by atoms with Crippen LogP contribution in [0.15, 0.2) is 29.4 Å². The molecule has 1 rings (SSSR count). The number of carbonyl (C=O) groups excluding carboxylic acids is 1. The molecule has 4 nitrogen and oxygen atoms in total. The van der Waals surface area contributed by atoms with Crippen molar-refractivity contribution < 1.29 is 22.7 Å². The van der Waals surface area contributed by atoms with Crippen molar-refractivity contribution in [2.24, 2.45) is 5.10 Å². The van der Waals surface area contributed by atoms with Gasteiger partial charge < -0.3 is 9.75 Å². The van der Waals surface area contributed by atoms with Crippen molar-refractivity contribution in [3.05, 3.63) is 35.6 Å². The Morgan fingerprint density at radius 2 is 1.85 bits per heavy atom. The summed E-state index contributed by atoms with van der Waals surface area (Å²) in [5.41, 5.74) is -0.848. The molecule has 0 fully saturated rings. The molecule has 0 N–H and O–H groups in total. The summed E-state index contributed by atoms with van der Waals surface area (Å²) in [6, 6.07) is 4.29. The highest BCUT2D eigenvalue weighted by atomic mass is 19.3. The van der Waals surface area contributed by atoms with Gasteiger partial charge in [0.25, 0.3) is 0 Å². The summed E-state index contributed by atoms with van der Waals surface area (Å²) in [5, 5.41) is 4.76. The molecule has 0 saturated heterocycles. The molecule has 0 unspecified atom stereocenters. The third-order valence-corrected chi connectivity index (χ3v) is 2.25. The summed E-state index contributed by atoms with van der Waals surface area (Å²) < 4.78 is 45.4. The van der Waals surface area contributed by atoms with Crippen molar-refractivity contribution >= 4 is 11.7 Å². The Morgan fingerprint density at radius 3 is 2.30 bits per heavy atom. The monoisotopic (exact) mass is 288 g/mol. The molecule has 0 aliphatic heterocycles.